The molecule has 2 fully saturated rings. The summed E-state index contributed by atoms with van der Waals surface area (Å²) in [4.78, 5) is 15.6. The van der Waals surface area contributed by atoms with E-state index in [0.717, 1.165) is 48.2 Å². The number of H-pyrrole nitrogens is 1. The Morgan fingerprint density at radius 1 is 0.949 bits per heavy atom. The third-order valence-corrected chi connectivity index (χ3v) is 9.21. The first-order valence-electron chi connectivity index (χ1n) is 13.4. The Labute approximate surface area is 229 Å². The topological polar surface area (TPSA) is 81.8 Å². The van der Waals surface area contributed by atoms with Crippen LogP contribution in [0.2, 0.25) is 0 Å². The number of fused-ring (bicyclic) bond motifs is 3. The van der Waals surface area contributed by atoms with E-state index in [0.29, 0.717) is 49.8 Å². The Hall–Kier alpha value is -3.42. The quantitative estimate of drug-likeness (QED) is 0.388. The molecule has 0 saturated carbocycles. The van der Waals surface area contributed by atoms with Crippen LogP contribution in [0, 0.1) is 11.8 Å². The Morgan fingerprint density at radius 3 is 2.44 bits per heavy atom. The van der Waals surface area contributed by atoms with Gasteiger partial charge in [0, 0.05) is 50.2 Å². The van der Waals surface area contributed by atoms with E-state index in [4.69, 9.17) is 9.72 Å². The lowest BCUT2D eigenvalue weighted by atomic mass is 10.0. The van der Waals surface area contributed by atoms with Crippen LogP contribution >= 0.6 is 0 Å². The van der Waals surface area contributed by atoms with Crippen molar-refractivity contribution in [3.05, 3.63) is 65.9 Å². The van der Waals surface area contributed by atoms with Gasteiger partial charge in [0.05, 0.1) is 52.7 Å². The van der Waals surface area contributed by atoms with E-state index in [1.165, 1.54) is 0 Å². The summed E-state index contributed by atoms with van der Waals surface area (Å²) in [5.41, 5.74) is 3.77. The second-order valence-electron chi connectivity index (χ2n) is 10.2. The number of hydrogen-bond donors (Lipinski definition) is 1. The van der Waals surface area contributed by atoms with E-state index in [2.05, 4.69) is 44.6 Å². The van der Waals surface area contributed by atoms with Gasteiger partial charge in [-0.3, -0.25) is 4.90 Å². The maximum absolute atomic E-state index is 13.6. The number of piperazine rings is 1. The smallest absolute Gasteiger partial charge is 0.184 e. The number of anilines is 1. The van der Waals surface area contributed by atoms with Gasteiger partial charge in [-0.05, 0) is 25.2 Å². The number of hydrogen-bond acceptors (Lipinski definition) is 7. The fraction of sp³-hybridized carbons (Fsp3) is 0.367. The highest BCUT2D eigenvalue weighted by Gasteiger charge is 2.27. The third-order valence-electron chi connectivity index (χ3n) is 7.56. The number of nitrogens with zero attached hydrogens (tertiary/aromatic N) is 4. The van der Waals surface area contributed by atoms with Crippen LogP contribution in [0.3, 0.4) is 0 Å². The number of aromatic amines is 1. The summed E-state index contributed by atoms with van der Waals surface area (Å²) < 4.78 is 32.8. The van der Waals surface area contributed by atoms with Gasteiger partial charge < -0.3 is 19.5 Å². The number of benzene rings is 2. The number of likely N-dealkylation sites (N-methyl/N-ethyl adjacent to an activating group) is 1. The lowest BCUT2D eigenvalue weighted by Gasteiger charge is -2.31. The molecule has 2 saturated heterocycles. The molecule has 2 aliphatic rings. The van der Waals surface area contributed by atoms with E-state index in [1.54, 1.807) is 24.3 Å². The van der Waals surface area contributed by atoms with Gasteiger partial charge in [-0.15, -0.1) is 0 Å². The van der Waals surface area contributed by atoms with Crippen LogP contribution in [-0.4, -0.2) is 94.3 Å². The number of nitrogens with one attached hydrogen (secondary N) is 1. The molecule has 9 heteroatoms. The largest absolute Gasteiger partial charge is 0.378 e. The van der Waals surface area contributed by atoms with Crippen LogP contribution in [0.1, 0.15) is 11.3 Å². The normalized spacial score (nSPS) is 17.4. The zero-order valence-corrected chi connectivity index (χ0v) is 23.0. The van der Waals surface area contributed by atoms with Crippen molar-refractivity contribution in [3.63, 3.8) is 0 Å². The minimum atomic E-state index is -3.64. The number of ether oxygens (including phenoxy) is 1. The molecule has 2 aliphatic heterocycles. The monoisotopic (exact) mass is 543 g/mol. The average Bonchev–Trinajstić information content (AvgIpc) is 3.33. The van der Waals surface area contributed by atoms with Crippen LogP contribution in [0.4, 0.5) is 5.69 Å². The third kappa shape index (κ3) is 5.38. The van der Waals surface area contributed by atoms with Crippen LogP contribution in [0.25, 0.3) is 21.9 Å². The summed E-state index contributed by atoms with van der Waals surface area (Å²) in [6.07, 6.45) is 0. The number of para-hydroxylation sites is 1. The summed E-state index contributed by atoms with van der Waals surface area (Å²) in [6, 6.07) is 16.7. The highest BCUT2D eigenvalue weighted by Crippen LogP contribution is 2.38. The molecule has 6 rings (SSSR count). The number of sulfone groups is 1. The summed E-state index contributed by atoms with van der Waals surface area (Å²) in [5, 5.41) is 2.04. The van der Waals surface area contributed by atoms with Gasteiger partial charge in [0.15, 0.2) is 9.84 Å². The summed E-state index contributed by atoms with van der Waals surface area (Å²) in [6.45, 7) is 7.23. The van der Waals surface area contributed by atoms with Crippen molar-refractivity contribution >= 4 is 37.5 Å². The molecule has 39 heavy (non-hydrogen) atoms. The van der Waals surface area contributed by atoms with Crippen molar-refractivity contribution in [1.82, 2.24) is 19.8 Å². The zero-order chi connectivity index (χ0) is 26.8. The van der Waals surface area contributed by atoms with Gasteiger partial charge in [0.25, 0.3) is 0 Å². The summed E-state index contributed by atoms with van der Waals surface area (Å²) in [7, 11) is -1.50. The Bertz CT molecular complexity index is 1640. The maximum Gasteiger partial charge on any atom is 0.184 e. The van der Waals surface area contributed by atoms with Crippen LogP contribution in [0.15, 0.2) is 59.5 Å². The minimum absolute atomic E-state index is 0.224. The SMILES string of the molecule is CN1CCN(CC#Cc2c(CS(=O)(=O)c3ccccc3)nc3[nH]c4ccccc4c3c2N2CCOCC2)CC1. The highest BCUT2D eigenvalue weighted by atomic mass is 32.2. The molecule has 0 unspecified atom stereocenters. The first-order chi connectivity index (χ1) is 19.0. The van der Waals surface area contributed by atoms with Crippen molar-refractivity contribution in [3.8, 4) is 11.8 Å². The number of rotatable bonds is 5. The molecule has 0 radical (unpaired) electrons. The van der Waals surface area contributed by atoms with Gasteiger partial charge in [0.1, 0.15) is 5.65 Å². The first-order valence-corrected chi connectivity index (χ1v) is 15.1. The molecule has 0 spiro atoms. The van der Waals surface area contributed by atoms with Gasteiger partial charge in [0.2, 0.25) is 0 Å². The van der Waals surface area contributed by atoms with Crippen LogP contribution in [-0.2, 0) is 20.3 Å². The van der Waals surface area contributed by atoms with Gasteiger partial charge in [-0.1, -0.05) is 48.2 Å². The van der Waals surface area contributed by atoms with Crippen molar-refractivity contribution in [2.75, 3.05) is 71.0 Å². The van der Waals surface area contributed by atoms with Crippen molar-refractivity contribution < 1.29 is 13.2 Å². The van der Waals surface area contributed by atoms with E-state index in [9.17, 15) is 8.42 Å². The number of morpholine rings is 1. The molecule has 4 heterocycles. The lowest BCUT2D eigenvalue weighted by Crippen LogP contribution is -2.44. The molecule has 2 aromatic heterocycles. The minimum Gasteiger partial charge on any atom is -0.378 e. The van der Waals surface area contributed by atoms with E-state index in [1.807, 2.05) is 24.3 Å². The zero-order valence-electron chi connectivity index (χ0n) is 22.2. The van der Waals surface area contributed by atoms with Crippen LogP contribution < -0.4 is 4.90 Å². The molecule has 0 atom stereocenters. The van der Waals surface area contributed by atoms with Gasteiger partial charge >= 0.3 is 0 Å². The summed E-state index contributed by atoms with van der Waals surface area (Å²) >= 11 is 0. The average molecular weight is 544 g/mol. The standard InChI is InChI=1S/C30H33N5O3S/c1-33-14-16-34(17-15-33)13-7-11-25-27(22-39(36,37)23-8-3-2-4-9-23)32-30-28(24-10-5-6-12-26(24)31-30)29(25)35-18-20-38-21-19-35/h2-6,8-10,12H,13-22H2,1H3,(H,31,32). The second-order valence-corrected chi connectivity index (χ2v) is 12.2. The Kier molecular flexibility index (Phi) is 7.28. The van der Waals surface area contributed by atoms with Crippen molar-refractivity contribution in [1.29, 1.82) is 0 Å². The predicted octanol–water partition coefficient (Wildman–Crippen LogP) is 3.13. The highest BCUT2D eigenvalue weighted by molar-refractivity contribution is 7.90. The molecule has 2 aromatic carbocycles. The van der Waals surface area contributed by atoms with E-state index < -0.39 is 9.84 Å². The van der Waals surface area contributed by atoms with Crippen molar-refractivity contribution in [2.45, 2.75) is 10.6 Å². The fourth-order valence-electron chi connectivity index (χ4n) is 5.38. The fourth-order valence-corrected chi connectivity index (χ4v) is 6.69. The van der Waals surface area contributed by atoms with E-state index in [-0.39, 0.29) is 10.6 Å². The second kappa shape index (κ2) is 11.0. The molecule has 202 valence electrons. The molecule has 0 aliphatic carbocycles. The molecular weight excluding hydrogens is 510 g/mol. The Morgan fingerprint density at radius 2 is 1.67 bits per heavy atom. The van der Waals surface area contributed by atoms with Crippen molar-refractivity contribution in [2.24, 2.45) is 0 Å². The van der Waals surface area contributed by atoms with Gasteiger partial charge in [-0.25, -0.2) is 13.4 Å². The Balaban J connectivity index is 1.52. The molecule has 8 nitrogen and oxygen atoms in total. The number of pyridine rings is 1. The molecule has 0 bridgehead atoms. The van der Waals surface area contributed by atoms with E-state index >= 15 is 0 Å². The number of aromatic nitrogens is 2. The lowest BCUT2D eigenvalue weighted by molar-refractivity contribution is 0.123. The summed E-state index contributed by atoms with van der Waals surface area (Å²) in [5.74, 6) is 6.60. The maximum atomic E-state index is 13.6. The van der Waals surface area contributed by atoms with Crippen LogP contribution in [0.5, 0.6) is 0 Å². The van der Waals surface area contributed by atoms with Gasteiger partial charge in [-0.2, -0.15) is 0 Å². The molecular formula is C30H33N5O3S. The first kappa shape index (κ1) is 25.8. The molecule has 0 amide bonds. The predicted molar refractivity (Wildman–Crippen MR) is 155 cm³/mol. The molecule has 4 aromatic rings. The molecule has 1 N–H and O–H groups in total.